The zero-order chi connectivity index (χ0) is 23.7. The lowest BCUT2D eigenvalue weighted by atomic mass is 9.86. The first-order valence-corrected chi connectivity index (χ1v) is 12.5. The molecule has 3 aromatic rings. The Morgan fingerprint density at radius 3 is 2.76 bits per heavy atom. The minimum atomic E-state index is -0.0815. The number of ether oxygens (including phenoxy) is 2. The molecule has 4 heterocycles. The molecule has 2 aliphatic heterocycles. The van der Waals surface area contributed by atoms with Crippen LogP contribution in [0.15, 0.2) is 24.3 Å². The van der Waals surface area contributed by atoms with E-state index < -0.39 is 0 Å². The van der Waals surface area contributed by atoms with E-state index in [1.807, 2.05) is 25.1 Å². The molecule has 0 radical (unpaired) electrons. The van der Waals surface area contributed by atoms with Gasteiger partial charge in [-0.1, -0.05) is 12.1 Å². The van der Waals surface area contributed by atoms with E-state index in [4.69, 9.17) is 14.5 Å². The summed E-state index contributed by atoms with van der Waals surface area (Å²) in [6, 6.07) is 10.6. The largest absolute Gasteiger partial charge is 0.466 e. The highest BCUT2D eigenvalue weighted by Gasteiger charge is 2.31. The number of anilines is 1. The Hall–Kier alpha value is -3.11. The van der Waals surface area contributed by atoms with Gasteiger partial charge in [0, 0.05) is 26.3 Å². The lowest BCUT2D eigenvalue weighted by Crippen LogP contribution is -2.29. The van der Waals surface area contributed by atoms with E-state index in [0.29, 0.717) is 12.2 Å². The number of benzene rings is 1. The van der Waals surface area contributed by atoms with E-state index in [-0.39, 0.29) is 17.8 Å². The van der Waals surface area contributed by atoms with Crippen molar-refractivity contribution in [2.75, 3.05) is 37.8 Å². The molecule has 0 amide bonds. The number of fused-ring (bicyclic) bond motifs is 3. The first-order chi connectivity index (χ1) is 16.6. The Balaban J connectivity index is 1.68. The van der Waals surface area contributed by atoms with E-state index in [0.717, 1.165) is 92.0 Å². The predicted molar refractivity (Wildman–Crippen MR) is 131 cm³/mol. The molecule has 7 heteroatoms. The molecule has 0 bridgehead atoms. The lowest BCUT2D eigenvalue weighted by molar-refractivity contribution is -0.148. The molecule has 2 fully saturated rings. The average molecular weight is 461 g/mol. The van der Waals surface area contributed by atoms with Crippen molar-refractivity contribution in [3.63, 3.8) is 0 Å². The molecule has 2 aliphatic rings. The summed E-state index contributed by atoms with van der Waals surface area (Å²) in [6.45, 7) is 7.50. The van der Waals surface area contributed by atoms with E-state index in [2.05, 4.69) is 28.4 Å². The number of rotatable bonds is 4. The summed E-state index contributed by atoms with van der Waals surface area (Å²) >= 11 is 0. The molecule has 7 nitrogen and oxygen atoms in total. The van der Waals surface area contributed by atoms with Crippen molar-refractivity contribution in [3.8, 4) is 6.07 Å². The minimum Gasteiger partial charge on any atom is -0.466 e. The first kappa shape index (κ1) is 22.7. The number of imidazole rings is 1. The van der Waals surface area contributed by atoms with Crippen LogP contribution in [0.3, 0.4) is 0 Å². The van der Waals surface area contributed by atoms with Gasteiger partial charge in [-0.05, 0) is 75.1 Å². The number of hydrogen-bond donors (Lipinski definition) is 0. The van der Waals surface area contributed by atoms with Crippen LogP contribution in [-0.4, -0.2) is 48.3 Å². The Morgan fingerprint density at radius 2 is 2.00 bits per heavy atom. The fourth-order valence-corrected chi connectivity index (χ4v) is 5.79. The van der Waals surface area contributed by atoms with Gasteiger partial charge in [0.25, 0.3) is 0 Å². The highest BCUT2D eigenvalue weighted by Crippen LogP contribution is 2.40. The maximum absolute atomic E-state index is 12.4. The summed E-state index contributed by atoms with van der Waals surface area (Å²) in [7, 11) is 0. The van der Waals surface area contributed by atoms with Crippen LogP contribution in [0.5, 0.6) is 0 Å². The first-order valence-electron chi connectivity index (χ1n) is 12.5. The van der Waals surface area contributed by atoms with Crippen LogP contribution >= 0.6 is 0 Å². The van der Waals surface area contributed by atoms with Gasteiger partial charge in [-0.2, -0.15) is 5.26 Å². The number of carbonyl (C=O) groups excluding carboxylic acids is 1. The van der Waals surface area contributed by atoms with Crippen molar-refractivity contribution in [1.82, 2.24) is 9.38 Å². The molecule has 5 rings (SSSR count). The van der Waals surface area contributed by atoms with Crippen molar-refractivity contribution in [2.45, 2.75) is 51.9 Å². The third-order valence-electron chi connectivity index (χ3n) is 7.39. The third kappa shape index (κ3) is 3.90. The van der Waals surface area contributed by atoms with Crippen LogP contribution < -0.4 is 4.90 Å². The highest BCUT2D eigenvalue weighted by atomic mass is 16.5. The normalized spacial score (nSPS) is 19.8. The second-order valence-corrected chi connectivity index (χ2v) is 9.36. The maximum atomic E-state index is 12.4. The van der Waals surface area contributed by atoms with Gasteiger partial charge in [0.2, 0.25) is 0 Å². The topological polar surface area (TPSA) is 79.9 Å². The van der Waals surface area contributed by atoms with Crippen LogP contribution in [0.2, 0.25) is 0 Å². The Labute approximate surface area is 200 Å². The van der Waals surface area contributed by atoms with Gasteiger partial charge in [0.05, 0.1) is 29.1 Å². The van der Waals surface area contributed by atoms with Crippen molar-refractivity contribution in [2.24, 2.45) is 5.92 Å². The Kier molecular flexibility index (Phi) is 6.42. The number of esters is 1. The summed E-state index contributed by atoms with van der Waals surface area (Å²) < 4.78 is 13.1. The minimum absolute atomic E-state index is 0.0615. The van der Waals surface area contributed by atoms with Gasteiger partial charge < -0.3 is 14.4 Å². The monoisotopic (exact) mass is 460 g/mol. The zero-order valence-corrected chi connectivity index (χ0v) is 20.0. The number of para-hydroxylation sites is 2. The number of hydrogen-bond acceptors (Lipinski definition) is 6. The lowest BCUT2D eigenvalue weighted by Gasteiger charge is -2.31. The van der Waals surface area contributed by atoms with E-state index in [1.165, 1.54) is 0 Å². The fraction of sp³-hybridized carbons (Fsp3) is 0.519. The molecular weight excluding hydrogens is 428 g/mol. The van der Waals surface area contributed by atoms with Gasteiger partial charge >= 0.3 is 5.97 Å². The number of carbonyl (C=O) groups is 1. The zero-order valence-electron chi connectivity index (χ0n) is 20.0. The molecule has 1 aromatic carbocycles. The quantitative estimate of drug-likeness (QED) is 0.524. The summed E-state index contributed by atoms with van der Waals surface area (Å²) in [4.78, 5) is 19.8. The van der Waals surface area contributed by atoms with Crippen LogP contribution in [0.25, 0.3) is 16.7 Å². The van der Waals surface area contributed by atoms with Crippen LogP contribution in [0.4, 0.5) is 5.82 Å². The van der Waals surface area contributed by atoms with Crippen LogP contribution in [0, 0.1) is 24.2 Å². The predicted octanol–water partition coefficient (Wildman–Crippen LogP) is 4.73. The van der Waals surface area contributed by atoms with Crippen LogP contribution in [0.1, 0.15) is 61.6 Å². The number of nitriles is 1. The summed E-state index contributed by atoms with van der Waals surface area (Å²) in [6.07, 6.45) is 4.35. The van der Waals surface area contributed by atoms with Gasteiger partial charge in [-0.3, -0.25) is 9.20 Å². The number of pyridine rings is 1. The summed E-state index contributed by atoms with van der Waals surface area (Å²) in [5, 5.41) is 10.3. The Bertz CT molecular complexity index is 1250. The average Bonchev–Trinajstić information content (AvgIpc) is 3.06. The molecular formula is C27H32N4O3. The molecule has 1 unspecified atom stereocenters. The second kappa shape index (κ2) is 9.63. The standard InChI is InChI=1S/C27H32N4O3/c1-3-34-27(32)20-7-6-13-30(14-10-20)26-18(2)24(19-11-15-33-16-12-19)21(17-28)25-29-22-8-4-5-9-23(22)31(25)26/h4-5,8-9,19-20H,3,6-7,10-16H2,1-2H3. The smallest absolute Gasteiger partial charge is 0.308 e. The molecule has 34 heavy (non-hydrogen) atoms. The molecule has 2 aromatic heterocycles. The molecule has 0 N–H and O–H groups in total. The number of aromatic nitrogens is 2. The summed E-state index contributed by atoms with van der Waals surface area (Å²) in [5.41, 5.74) is 5.59. The van der Waals surface area contributed by atoms with Gasteiger partial charge in [-0.15, -0.1) is 0 Å². The van der Waals surface area contributed by atoms with E-state index in [9.17, 15) is 10.1 Å². The van der Waals surface area contributed by atoms with Crippen molar-refractivity contribution < 1.29 is 14.3 Å². The number of nitrogens with zero attached hydrogens (tertiary/aromatic N) is 4. The van der Waals surface area contributed by atoms with E-state index in [1.54, 1.807) is 0 Å². The molecule has 0 aliphatic carbocycles. The van der Waals surface area contributed by atoms with Gasteiger partial charge in [0.1, 0.15) is 11.9 Å². The fourth-order valence-electron chi connectivity index (χ4n) is 5.79. The molecule has 2 saturated heterocycles. The molecule has 0 saturated carbocycles. The highest BCUT2D eigenvalue weighted by molar-refractivity contribution is 5.86. The van der Waals surface area contributed by atoms with Gasteiger partial charge in [0.15, 0.2) is 5.65 Å². The summed E-state index contributed by atoms with van der Waals surface area (Å²) in [5.74, 6) is 1.25. The Morgan fingerprint density at radius 1 is 1.21 bits per heavy atom. The van der Waals surface area contributed by atoms with Crippen molar-refractivity contribution >= 4 is 28.5 Å². The van der Waals surface area contributed by atoms with Crippen molar-refractivity contribution in [3.05, 3.63) is 41.0 Å². The van der Waals surface area contributed by atoms with Gasteiger partial charge in [-0.25, -0.2) is 4.98 Å². The molecule has 0 spiro atoms. The van der Waals surface area contributed by atoms with E-state index >= 15 is 0 Å². The molecule has 178 valence electrons. The SMILES string of the molecule is CCOC(=O)C1CCCN(c2c(C)c(C3CCOCC3)c(C#N)c3nc4ccccc4n23)CC1. The molecule has 1 atom stereocenters. The second-order valence-electron chi connectivity index (χ2n) is 9.36. The van der Waals surface area contributed by atoms with Crippen molar-refractivity contribution in [1.29, 1.82) is 5.26 Å². The third-order valence-corrected chi connectivity index (χ3v) is 7.39. The maximum Gasteiger partial charge on any atom is 0.308 e. The van der Waals surface area contributed by atoms with Crippen LogP contribution in [-0.2, 0) is 14.3 Å².